The second-order valence-electron chi connectivity index (χ2n) is 10.2. The molecular weight excluding hydrogens is 386 g/mol. The third-order valence-electron chi connectivity index (χ3n) is 9.05. The number of rotatable bonds is 5. The Balaban J connectivity index is 1.56. The SMILES string of the molecule is C[C@]12CCC(=O)C=C1CC[C@H]1[C@H]2CC[C@@]2(C)[C@H]1CC[C@]2(O)C(=O)CSCC(N)=O. The molecule has 0 heterocycles. The maximum Gasteiger partial charge on any atom is 0.227 e. The Morgan fingerprint density at radius 1 is 1.10 bits per heavy atom. The van der Waals surface area contributed by atoms with Crippen molar-refractivity contribution in [3.8, 4) is 0 Å². The Morgan fingerprint density at radius 3 is 2.55 bits per heavy atom. The van der Waals surface area contributed by atoms with Crippen LogP contribution in [0.5, 0.6) is 0 Å². The van der Waals surface area contributed by atoms with E-state index in [-0.39, 0.29) is 28.5 Å². The molecule has 6 atom stereocenters. The molecule has 0 radical (unpaired) electrons. The minimum atomic E-state index is -1.30. The highest BCUT2D eigenvalue weighted by atomic mass is 32.2. The highest BCUT2D eigenvalue weighted by molar-refractivity contribution is 8.00. The fourth-order valence-corrected chi connectivity index (χ4v) is 8.12. The average molecular weight is 420 g/mol. The zero-order valence-corrected chi connectivity index (χ0v) is 18.4. The van der Waals surface area contributed by atoms with Crippen LogP contribution in [0, 0.1) is 28.6 Å². The van der Waals surface area contributed by atoms with Gasteiger partial charge in [0.1, 0.15) is 5.60 Å². The number of nitrogens with two attached hydrogens (primary N) is 1. The number of carbonyl (C=O) groups excluding carboxylic acids is 3. The van der Waals surface area contributed by atoms with Crippen LogP contribution in [0.2, 0.25) is 0 Å². The summed E-state index contributed by atoms with van der Waals surface area (Å²) >= 11 is 1.21. The van der Waals surface area contributed by atoms with Crippen molar-refractivity contribution in [2.45, 2.75) is 70.8 Å². The number of aliphatic hydroxyl groups is 1. The predicted molar refractivity (Wildman–Crippen MR) is 113 cm³/mol. The molecule has 4 aliphatic rings. The standard InChI is InChI=1S/C23H33NO4S/c1-21-8-5-15(25)11-14(21)3-4-16-17(21)6-9-22(2)18(16)7-10-23(22,28)19(26)12-29-13-20(24)27/h11,16-18,28H,3-10,12-13H2,1-2H3,(H2,24,27)/t16-,17+,18-,21-,22-,23-/m0/s1. The van der Waals surface area contributed by atoms with Gasteiger partial charge in [-0.1, -0.05) is 19.4 Å². The maximum absolute atomic E-state index is 13.0. The van der Waals surface area contributed by atoms with E-state index < -0.39 is 16.9 Å². The number of amides is 1. The molecule has 0 saturated heterocycles. The van der Waals surface area contributed by atoms with Crippen LogP contribution in [0.15, 0.2) is 11.6 Å². The summed E-state index contributed by atoms with van der Waals surface area (Å²) in [6.07, 6.45) is 8.77. The molecule has 29 heavy (non-hydrogen) atoms. The summed E-state index contributed by atoms with van der Waals surface area (Å²) in [7, 11) is 0. The van der Waals surface area contributed by atoms with Crippen molar-refractivity contribution in [1.29, 1.82) is 0 Å². The lowest BCUT2D eigenvalue weighted by Crippen LogP contribution is -2.58. The molecule has 0 aromatic carbocycles. The van der Waals surface area contributed by atoms with E-state index in [1.807, 2.05) is 6.08 Å². The van der Waals surface area contributed by atoms with E-state index in [4.69, 9.17) is 5.73 Å². The Kier molecular flexibility index (Phi) is 5.26. The second kappa shape index (κ2) is 7.23. The number of hydrogen-bond acceptors (Lipinski definition) is 5. The van der Waals surface area contributed by atoms with Crippen LogP contribution in [0.25, 0.3) is 0 Å². The molecule has 4 rings (SSSR count). The number of fused-ring (bicyclic) bond motifs is 5. The van der Waals surface area contributed by atoms with Crippen LogP contribution in [0.1, 0.15) is 65.2 Å². The summed E-state index contributed by atoms with van der Waals surface area (Å²) in [4.78, 5) is 36.0. The molecular formula is C23H33NO4S. The van der Waals surface area contributed by atoms with Gasteiger partial charge in [-0.3, -0.25) is 14.4 Å². The smallest absolute Gasteiger partial charge is 0.227 e. The summed E-state index contributed by atoms with van der Waals surface area (Å²) in [5.74, 6) is 1.33. The Morgan fingerprint density at radius 2 is 1.83 bits per heavy atom. The van der Waals surface area contributed by atoms with E-state index >= 15 is 0 Å². The van der Waals surface area contributed by atoms with Crippen LogP contribution in [-0.2, 0) is 14.4 Å². The molecule has 0 unspecified atom stereocenters. The zero-order valence-electron chi connectivity index (χ0n) is 17.5. The van der Waals surface area contributed by atoms with Crippen LogP contribution < -0.4 is 5.73 Å². The topological polar surface area (TPSA) is 97.5 Å². The maximum atomic E-state index is 13.0. The second-order valence-corrected chi connectivity index (χ2v) is 11.2. The Labute approximate surface area is 177 Å². The number of allylic oxidation sites excluding steroid dienone is 1. The van der Waals surface area contributed by atoms with Crippen LogP contribution in [-0.4, -0.2) is 39.7 Å². The van der Waals surface area contributed by atoms with Crippen LogP contribution >= 0.6 is 11.8 Å². The third kappa shape index (κ3) is 3.13. The number of Topliss-reactive ketones (excluding diaryl/α,β-unsaturated/α-hetero) is 1. The monoisotopic (exact) mass is 419 g/mol. The van der Waals surface area contributed by atoms with Crippen molar-refractivity contribution in [2.75, 3.05) is 11.5 Å². The van der Waals surface area contributed by atoms with E-state index in [1.165, 1.54) is 17.3 Å². The molecule has 3 fully saturated rings. The summed E-state index contributed by atoms with van der Waals surface area (Å²) in [5, 5.41) is 11.6. The van der Waals surface area contributed by atoms with Gasteiger partial charge >= 0.3 is 0 Å². The molecule has 0 bridgehead atoms. The molecule has 0 spiro atoms. The largest absolute Gasteiger partial charge is 0.381 e. The summed E-state index contributed by atoms with van der Waals surface area (Å²) in [6, 6.07) is 0. The van der Waals surface area contributed by atoms with Gasteiger partial charge in [-0.2, -0.15) is 0 Å². The molecule has 0 aromatic heterocycles. The minimum Gasteiger partial charge on any atom is -0.381 e. The van der Waals surface area contributed by atoms with Gasteiger partial charge in [0.2, 0.25) is 5.91 Å². The fourth-order valence-electron chi connectivity index (χ4n) is 7.40. The van der Waals surface area contributed by atoms with Crippen molar-refractivity contribution in [2.24, 2.45) is 34.3 Å². The van der Waals surface area contributed by atoms with E-state index in [9.17, 15) is 19.5 Å². The van der Waals surface area contributed by atoms with Gasteiger partial charge in [-0.05, 0) is 74.2 Å². The van der Waals surface area contributed by atoms with Crippen LogP contribution in [0.4, 0.5) is 0 Å². The zero-order chi connectivity index (χ0) is 21.0. The molecule has 6 heteroatoms. The lowest BCUT2D eigenvalue weighted by atomic mass is 9.46. The number of hydrogen-bond donors (Lipinski definition) is 2. The average Bonchev–Trinajstić information content (AvgIpc) is 2.94. The van der Waals surface area contributed by atoms with E-state index in [0.29, 0.717) is 30.6 Å². The van der Waals surface area contributed by atoms with Crippen molar-refractivity contribution >= 4 is 29.2 Å². The van der Waals surface area contributed by atoms with Gasteiger partial charge in [-0.15, -0.1) is 11.8 Å². The van der Waals surface area contributed by atoms with Gasteiger partial charge in [0, 0.05) is 11.8 Å². The van der Waals surface area contributed by atoms with Gasteiger partial charge in [0.15, 0.2) is 11.6 Å². The summed E-state index contributed by atoms with van der Waals surface area (Å²) < 4.78 is 0. The number of primary amides is 1. The molecule has 4 aliphatic carbocycles. The predicted octanol–water partition coefficient (Wildman–Crippen LogP) is 3.04. The molecule has 3 saturated carbocycles. The van der Waals surface area contributed by atoms with Crippen molar-refractivity contribution in [3.63, 3.8) is 0 Å². The van der Waals surface area contributed by atoms with E-state index in [0.717, 1.165) is 38.5 Å². The highest BCUT2D eigenvalue weighted by Crippen LogP contribution is 2.67. The third-order valence-corrected chi connectivity index (χ3v) is 10.0. The Hall–Kier alpha value is -1.14. The minimum absolute atomic E-state index is 0.0974. The van der Waals surface area contributed by atoms with Gasteiger partial charge in [0.05, 0.1) is 11.5 Å². The molecule has 160 valence electrons. The lowest BCUT2D eigenvalue weighted by Gasteiger charge is -2.58. The quantitative estimate of drug-likeness (QED) is 0.714. The van der Waals surface area contributed by atoms with Gasteiger partial charge in [-0.25, -0.2) is 0 Å². The lowest BCUT2D eigenvalue weighted by molar-refractivity contribution is -0.159. The fraction of sp³-hybridized carbons (Fsp3) is 0.783. The number of thioether (sulfide) groups is 1. The molecule has 1 amide bonds. The van der Waals surface area contributed by atoms with Crippen molar-refractivity contribution in [1.82, 2.24) is 0 Å². The molecule has 5 nitrogen and oxygen atoms in total. The van der Waals surface area contributed by atoms with Crippen molar-refractivity contribution in [3.05, 3.63) is 11.6 Å². The summed E-state index contributed by atoms with van der Waals surface area (Å²) in [5.41, 5.74) is 4.92. The first-order chi connectivity index (χ1) is 13.6. The first-order valence-electron chi connectivity index (χ1n) is 11.0. The van der Waals surface area contributed by atoms with E-state index in [2.05, 4.69) is 13.8 Å². The van der Waals surface area contributed by atoms with E-state index in [1.54, 1.807) is 0 Å². The normalized spacial score (nSPS) is 43.8. The molecule has 0 aliphatic heterocycles. The molecule has 3 N–H and O–H groups in total. The first kappa shape index (κ1) is 21.1. The summed E-state index contributed by atoms with van der Waals surface area (Å²) in [6.45, 7) is 4.47. The highest BCUT2D eigenvalue weighted by Gasteiger charge is 2.65. The van der Waals surface area contributed by atoms with Gasteiger partial charge in [0.25, 0.3) is 0 Å². The van der Waals surface area contributed by atoms with Crippen molar-refractivity contribution < 1.29 is 19.5 Å². The van der Waals surface area contributed by atoms with Gasteiger partial charge < -0.3 is 10.8 Å². The van der Waals surface area contributed by atoms with Crippen LogP contribution in [0.3, 0.4) is 0 Å². The Bertz CT molecular complexity index is 779. The first-order valence-corrected chi connectivity index (χ1v) is 12.1. The number of carbonyl (C=O) groups is 3. The molecule has 0 aromatic rings. The number of ketones is 2.